The number of hydrogen-bond acceptors (Lipinski definition) is 4. The zero-order chi connectivity index (χ0) is 26.3. The van der Waals surface area contributed by atoms with Gasteiger partial charge in [0.05, 0.1) is 18.4 Å². The van der Waals surface area contributed by atoms with Crippen molar-refractivity contribution >= 4 is 52.2 Å². The molecule has 0 aliphatic heterocycles. The van der Waals surface area contributed by atoms with Crippen LogP contribution < -0.4 is 5.32 Å². The number of rotatable bonds is 6. The molecule has 0 aliphatic rings. The van der Waals surface area contributed by atoms with Crippen LogP contribution in [0.2, 0.25) is 15.1 Å². The predicted octanol–water partition coefficient (Wildman–Crippen LogP) is 6.93. The van der Waals surface area contributed by atoms with E-state index in [2.05, 4.69) is 20.5 Å². The van der Waals surface area contributed by atoms with Crippen LogP contribution in [-0.4, -0.2) is 30.3 Å². The second-order valence-corrected chi connectivity index (χ2v) is 9.07. The third kappa shape index (κ3) is 5.00. The van der Waals surface area contributed by atoms with Crippen LogP contribution in [-0.2, 0) is 6.54 Å². The summed E-state index contributed by atoms with van der Waals surface area (Å²) in [6.45, 7) is 0.186. The molecule has 0 aliphatic carbocycles. The number of hydrogen-bond donors (Lipinski definition) is 1. The number of amides is 1. The molecule has 0 fully saturated rings. The Hall–Kier alpha value is -3.60. The van der Waals surface area contributed by atoms with Crippen molar-refractivity contribution < 1.29 is 18.0 Å². The van der Waals surface area contributed by atoms with Crippen molar-refractivity contribution in [2.45, 2.75) is 13.0 Å². The first-order valence-corrected chi connectivity index (χ1v) is 11.7. The largest absolute Gasteiger partial charge is 0.304 e. The molecule has 13 heteroatoms. The van der Waals surface area contributed by atoms with E-state index in [1.165, 1.54) is 35.1 Å². The first-order valence-electron chi connectivity index (χ1n) is 10.6. The molecule has 0 bridgehead atoms. The van der Waals surface area contributed by atoms with Crippen molar-refractivity contribution in [2.24, 2.45) is 0 Å². The summed E-state index contributed by atoms with van der Waals surface area (Å²) < 4.78 is 43.3. The molecule has 1 amide bonds. The van der Waals surface area contributed by atoms with Crippen molar-refractivity contribution in [2.75, 3.05) is 5.32 Å². The molecule has 0 unspecified atom stereocenters. The maximum atomic E-state index is 13.8. The van der Waals surface area contributed by atoms with Crippen LogP contribution in [0.1, 0.15) is 28.0 Å². The van der Waals surface area contributed by atoms with E-state index >= 15 is 0 Å². The predicted molar refractivity (Wildman–Crippen MR) is 134 cm³/mol. The van der Waals surface area contributed by atoms with Crippen molar-refractivity contribution in [1.82, 2.24) is 24.4 Å². The average molecular weight is 566 g/mol. The van der Waals surface area contributed by atoms with Crippen LogP contribution >= 0.6 is 34.8 Å². The molecular weight excluding hydrogens is 552 g/mol. The van der Waals surface area contributed by atoms with Gasteiger partial charge in [-0.3, -0.25) is 9.48 Å². The van der Waals surface area contributed by atoms with Gasteiger partial charge in [-0.15, -0.1) is 0 Å². The van der Waals surface area contributed by atoms with Crippen molar-refractivity contribution in [1.29, 1.82) is 0 Å². The minimum Gasteiger partial charge on any atom is -0.304 e. The molecule has 0 spiro atoms. The van der Waals surface area contributed by atoms with Gasteiger partial charge in [0, 0.05) is 27.4 Å². The van der Waals surface area contributed by atoms with Gasteiger partial charge in [-0.25, -0.2) is 22.7 Å². The second kappa shape index (κ2) is 10.0. The Morgan fingerprint density at radius 1 is 1.03 bits per heavy atom. The Morgan fingerprint density at radius 3 is 2.41 bits per heavy atom. The monoisotopic (exact) mass is 564 g/mol. The van der Waals surface area contributed by atoms with E-state index < -0.39 is 23.8 Å². The van der Waals surface area contributed by atoms with Gasteiger partial charge in [-0.2, -0.15) is 10.2 Å². The molecule has 0 radical (unpaired) electrons. The number of carbonyl (C=O) groups excluding carboxylic acids is 1. The molecule has 2 aromatic carbocycles. The number of aromatic nitrogens is 5. The highest BCUT2D eigenvalue weighted by Crippen LogP contribution is 2.29. The number of fused-ring (bicyclic) bond motifs is 1. The summed E-state index contributed by atoms with van der Waals surface area (Å²) in [5.41, 5.74) is 0.429. The van der Waals surface area contributed by atoms with Gasteiger partial charge in [0.15, 0.2) is 11.5 Å². The summed E-state index contributed by atoms with van der Waals surface area (Å²) in [7, 11) is 0. The van der Waals surface area contributed by atoms with Gasteiger partial charge in [-0.1, -0.05) is 40.9 Å². The summed E-state index contributed by atoms with van der Waals surface area (Å²) in [6, 6.07) is 11.4. The fraction of sp³-hybridized carbons (Fsp3) is 0.0833. The van der Waals surface area contributed by atoms with E-state index in [1.807, 2.05) is 0 Å². The molecule has 0 atom stereocenters. The molecule has 0 saturated carbocycles. The number of anilines is 1. The zero-order valence-corrected chi connectivity index (χ0v) is 20.7. The molecule has 0 saturated heterocycles. The number of alkyl halides is 2. The lowest BCUT2D eigenvalue weighted by Crippen LogP contribution is -2.14. The van der Waals surface area contributed by atoms with E-state index in [1.54, 1.807) is 18.2 Å². The van der Waals surface area contributed by atoms with Gasteiger partial charge in [0.2, 0.25) is 0 Å². The molecule has 3 aromatic heterocycles. The molecule has 7 nitrogen and oxygen atoms in total. The van der Waals surface area contributed by atoms with Gasteiger partial charge < -0.3 is 5.32 Å². The van der Waals surface area contributed by atoms with E-state index in [0.717, 1.165) is 16.8 Å². The molecular formula is C24H14Cl3F3N6O. The van der Waals surface area contributed by atoms with Crippen molar-refractivity contribution in [3.63, 3.8) is 0 Å². The summed E-state index contributed by atoms with van der Waals surface area (Å²) in [5.74, 6) is -1.18. The standard InChI is InChI=1S/C24H14Cl3F3N6O/c25-16-2-1-3-17(26)15(16)10-35-11-18(27)22(34-35)33-24(37)14-9-31-36-20(21(29)30)8-19(32-23(14)36)12-4-6-13(28)7-5-12/h1-9,11,21H,10H2,(H,33,34,37). The smallest absolute Gasteiger partial charge is 0.280 e. The Morgan fingerprint density at radius 2 is 1.73 bits per heavy atom. The zero-order valence-electron chi connectivity index (χ0n) is 18.5. The molecule has 188 valence electrons. The lowest BCUT2D eigenvalue weighted by Gasteiger charge is -2.09. The molecule has 37 heavy (non-hydrogen) atoms. The van der Waals surface area contributed by atoms with E-state index in [9.17, 15) is 18.0 Å². The van der Waals surface area contributed by atoms with Gasteiger partial charge in [0.1, 0.15) is 22.1 Å². The second-order valence-electron chi connectivity index (χ2n) is 7.85. The lowest BCUT2D eigenvalue weighted by molar-refractivity contribution is 0.102. The molecule has 1 N–H and O–H groups in total. The fourth-order valence-electron chi connectivity index (χ4n) is 3.65. The Kier molecular flexibility index (Phi) is 6.80. The number of benzene rings is 2. The number of carbonyl (C=O) groups is 1. The summed E-state index contributed by atoms with van der Waals surface area (Å²) in [5, 5.41) is 11.7. The minimum absolute atomic E-state index is 0.0259. The highest BCUT2D eigenvalue weighted by molar-refractivity contribution is 6.36. The third-order valence-electron chi connectivity index (χ3n) is 5.44. The van der Waals surface area contributed by atoms with Gasteiger partial charge in [-0.05, 0) is 42.5 Å². The fourth-order valence-corrected chi connectivity index (χ4v) is 4.37. The van der Waals surface area contributed by atoms with Gasteiger partial charge in [0.25, 0.3) is 12.3 Å². The maximum absolute atomic E-state index is 13.8. The summed E-state index contributed by atoms with van der Waals surface area (Å²) in [6.07, 6.45) is -0.318. The Labute approximate surface area is 222 Å². The number of nitrogens with one attached hydrogen (secondary N) is 1. The van der Waals surface area contributed by atoms with Crippen LogP contribution in [0.25, 0.3) is 16.9 Å². The number of nitrogens with zero attached hydrogens (tertiary/aromatic N) is 5. The average Bonchev–Trinajstić information content (AvgIpc) is 3.44. The van der Waals surface area contributed by atoms with E-state index in [4.69, 9.17) is 34.8 Å². The summed E-state index contributed by atoms with van der Waals surface area (Å²) in [4.78, 5) is 17.4. The van der Waals surface area contributed by atoms with Crippen molar-refractivity contribution in [3.8, 4) is 11.3 Å². The number of halogens is 6. The van der Waals surface area contributed by atoms with E-state index in [-0.39, 0.29) is 34.3 Å². The SMILES string of the molecule is O=C(Nc1nn(Cc2c(Cl)cccc2Cl)cc1Cl)c1cnn2c(C(F)F)cc(-c3ccc(F)cc3)nc12. The highest BCUT2D eigenvalue weighted by atomic mass is 35.5. The quantitative estimate of drug-likeness (QED) is 0.242. The minimum atomic E-state index is -2.91. The Bertz CT molecular complexity index is 1620. The highest BCUT2D eigenvalue weighted by Gasteiger charge is 2.23. The maximum Gasteiger partial charge on any atom is 0.280 e. The van der Waals surface area contributed by atoms with E-state index in [0.29, 0.717) is 21.2 Å². The van der Waals surface area contributed by atoms with Crippen LogP contribution in [0.15, 0.2) is 60.9 Å². The Balaban J connectivity index is 1.47. The normalized spacial score (nSPS) is 11.4. The van der Waals surface area contributed by atoms with Crippen molar-refractivity contribution in [3.05, 3.63) is 98.6 Å². The lowest BCUT2D eigenvalue weighted by atomic mass is 10.1. The molecule has 5 aromatic rings. The molecule has 3 heterocycles. The first-order chi connectivity index (χ1) is 17.7. The first kappa shape index (κ1) is 25.1. The third-order valence-corrected chi connectivity index (χ3v) is 6.42. The van der Waals surface area contributed by atoms with Gasteiger partial charge >= 0.3 is 0 Å². The molecule has 5 rings (SSSR count). The van der Waals surface area contributed by atoms with Crippen LogP contribution in [0.3, 0.4) is 0 Å². The topological polar surface area (TPSA) is 77.1 Å². The van der Waals surface area contributed by atoms with Crippen LogP contribution in [0, 0.1) is 5.82 Å². The van der Waals surface area contributed by atoms with Crippen LogP contribution in [0.4, 0.5) is 19.0 Å². The summed E-state index contributed by atoms with van der Waals surface area (Å²) >= 11 is 18.7. The van der Waals surface area contributed by atoms with Crippen LogP contribution in [0.5, 0.6) is 0 Å².